The summed E-state index contributed by atoms with van der Waals surface area (Å²) >= 11 is 0. The highest BCUT2D eigenvalue weighted by molar-refractivity contribution is 5.67. The monoisotopic (exact) mass is 299 g/mol. The second-order valence-electron chi connectivity index (χ2n) is 6.40. The summed E-state index contributed by atoms with van der Waals surface area (Å²) in [5, 5.41) is 0. The number of benzene rings is 2. The van der Waals surface area contributed by atoms with Gasteiger partial charge in [0.1, 0.15) is 0 Å². The fraction of sp³-hybridized carbons (Fsp3) is 0.227. The van der Waals surface area contributed by atoms with Gasteiger partial charge in [0.15, 0.2) is 0 Å². The molecular formula is C22H21N. The van der Waals surface area contributed by atoms with Crippen LogP contribution < -0.4 is 0 Å². The predicted octanol–water partition coefficient (Wildman–Crippen LogP) is 6.07. The van der Waals surface area contributed by atoms with Crippen LogP contribution in [0.25, 0.3) is 22.4 Å². The summed E-state index contributed by atoms with van der Waals surface area (Å²) in [5.74, 6) is 0.780. The van der Waals surface area contributed by atoms with Crippen molar-refractivity contribution in [2.45, 2.75) is 31.6 Å². The molecule has 1 aliphatic carbocycles. The highest BCUT2D eigenvalue weighted by atomic mass is 14.7. The van der Waals surface area contributed by atoms with E-state index in [1.165, 1.54) is 42.4 Å². The van der Waals surface area contributed by atoms with Crippen molar-refractivity contribution in [3.05, 3.63) is 78.5 Å². The normalized spacial score (nSPS) is 15.0. The van der Waals surface area contributed by atoms with E-state index < -0.39 is 0 Å². The first-order chi connectivity index (χ1) is 11.4. The lowest BCUT2D eigenvalue weighted by Crippen LogP contribution is -1.91. The highest BCUT2D eigenvalue weighted by Crippen LogP contribution is 2.34. The molecule has 23 heavy (non-hydrogen) atoms. The molecule has 0 saturated heterocycles. The van der Waals surface area contributed by atoms with Gasteiger partial charge in [0, 0.05) is 17.3 Å². The third kappa shape index (κ3) is 3.05. The Hall–Kier alpha value is -2.41. The van der Waals surface area contributed by atoms with E-state index in [2.05, 4.69) is 53.5 Å². The quantitative estimate of drug-likeness (QED) is 0.571. The maximum Gasteiger partial charge on any atom is 0.0702 e. The van der Waals surface area contributed by atoms with Gasteiger partial charge in [0.25, 0.3) is 0 Å². The van der Waals surface area contributed by atoms with Gasteiger partial charge in [-0.15, -0.1) is 0 Å². The predicted molar refractivity (Wildman–Crippen MR) is 96.3 cm³/mol. The van der Waals surface area contributed by atoms with Crippen LogP contribution in [-0.2, 0) is 0 Å². The van der Waals surface area contributed by atoms with Crippen LogP contribution in [0.5, 0.6) is 0 Å². The molecule has 1 fully saturated rings. The van der Waals surface area contributed by atoms with Crippen molar-refractivity contribution < 1.29 is 0 Å². The average Bonchev–Trinajstić information content (AvgIpc) is 3.18. The summed E-state index contributed by atoms with van der Waals surface area (Å²) in [5.41, 5.74) is 6.12. The third-order valence-corrected chi connectivity index (χ3v) is 4.90. The second kappa shape index (κ2) is 6.37. The molecule has 0 N–H and O–H groups in total. The molecule has 0 amide bonds. The van der Waals surface area contributed by atoms with Crippen LogP contribution in [-0.4, -0.2) is 4.98 Å². The van der Waals surface area contributed by atoms with Crippen molar-refractivity contribution in [1.82, 2.24) is 4.98 Å². The molecule has 1 saturated carbocycles. The zero-order valence-electron chi connectivity index (χ0n) is 13.3. The lowest BCUT2D eigenvalue weighted by molar-refractivity contribution is 0.723. The number of pyridine rings is 1. The fourth-order valence-electron chi connectivity index (χ4n) is 3.55. The molecule has 0 unspecified atom stereocenters. The molecule has 1 aromatic heterocycles. The number of hydrogen-bond donors (Lipinski definition) is 0. The molecule has 1 heterocycles. The van der Waals surface area contributed by atoms with Gasteiger partial charge >= 0.3 is 0 Å². The van der Waals surface area contributed by atoms with E-state index in [4.69, 9.17) is 0 Å². The Balaban J connectivity index is 1.56. The zero-order valence-corrected chi connectivity index (χ0v) is 13.3. The first-order valence-corrected chi connectivity index (χ1v) is 8.52. The van der Waals surface area contributed by atoms with Gasteiger partial charge in [-0.3, -0.25) is 4.98 Å². The zero-order chi connectivity index (χ0) is 15.5. The summed E-state index contributed by atoms with van der Waals surface area (Å²) in [6.07, 6.45) is 7.46. The first kappa shape index (κ1) is 14.2. The average molecular weight is 299 g/mol. The second-order valence-corrected chi connectivity index (χ2v) is 6.40. The van der Waals surface area contributed by atoms with Crippen LogP contribution >= 0.6 is 0 Å². The lowest BCUT2D eigenvalue weighted by Gasteiger charge is -2.10. The summed E-state index contributed by atoms with van der Waals surface area (Å²) in [6, 6.07) is 23.7. The standard InChI is InChI=1S/C22H21N/c1-2-8-20(9-3-1)22-15-14-21(16-23-22)19-12-10-18(11-13-19)17-6-4-5-7-17/h1-3,8-17H,4-7H2. The van der Waals surface area contributed by atoms with Gasteiger partial charge in [-0.2, -0.15) is 0 Å². The Kier molecular flexibility index (Phi) is 3.94. The van der Waals surface area contributed by atoms with E-state index in [0.29, 0.717) is 0 Å². The molecule has 114 valence electrons. The van der Waals surface area contributed by atoms with Crippen LogP contribution in [0.1, 0.15) is 37.2 Å². The molecule has 0 bridgehead atoms. The fourth-order valence-corrected chi connectivity index (χ4v) is 3.55. The molecule has 3 aromatic rings. The van der Waals surface area contributed by atoms with Gasteiger partial charge in [0.2, 0.25) is 0 Å². The molecule has 1 nitrogen and oxygen atoms in total. The van der Waals surface area contributed by atoms with Crippen LogP contribution in [0, 0.1) is 0 Å². The molecular weight excluding hydrogens is 278 g/mol. The smallest absolute Gasteiger partial charge is 0.0702 e. The first-order valence-electron chi connectivity index (χ1n) is 8.52. The van der Waals surface area contributed by atoms with Gasteiger partial charge in [0.05, 0.1) is 5.69 Å². The largest absolute Gasteiger partial charge is 0.256 e. The van der Waals surface area contributed by atoms with E-state index >= 15 is 0 Å². The number of aromatic nitrogens is 1. The maximum atomic E-state index is 4.63. The van der Waals surface area contributed by atoms with Crippen LogP contribution in [0.3, 0.4) is 0 Å². The molecule has 0 aliphatic heterocycles. The van der Waals surface area contributed by atoms with Crippen molar-refractivity contribution >= 4 is 0 Å². The minimum absolute atomic E-state index is 0.780. The summed E-state index contributed by atoms with van der Waals surface area (Å²) in [4.78, 5) is 4.63. The molecule has 0 spiro atoms. The molecule has 4 rings (SSSR count). The minimum Gasteiger partial charge on any atom is -0.256 e. The van der Waals surface area contributed by atoms with E-state index in [1.807, 2.05) is 24.4 Å². The molecule has 0 atom stereocenters. The van der Waals surface area contributed by atoms with Crippen molar-refractivity contribution in [1.29, 1.82) is 0 Å². The number of hydrogen-bond acceptors (Lipinski definition) is 1. The molecule has 0 radical (unpaired) electrons. The Bertz CT molecular complexity index is 751. The third-order valence-electron chi connectivity index (χ3n) is 4.90. The van der Waals surface area contributed by atoms with E-state index in [9.17, 15) is 0 Å². The van der Waals surface area contributed by atoms with Crippen LogP contribution in [0.15, 0.2) is 72.9 Å². The van der Waals surface area contributed by atoms with Crippen molar-refractivity contribution in [3.63, 3.8) is 0 Å². The molecule has 2 aromatic carbocycles. The number of nitrogens with zero attached hydrogens (tertiary/aromatic N) is 1. The van der Waals surface area contributed by atoms with Gasteiger partial charge < -0.3 is 0 Å². The summed E-state index contributed by atoms with van der Waals surface area (Å²) in [6.45, 7) is 0. The van der Waals surface area contributed by atoms with Crippen molar-refractivity contribution in [2.24, 2.45) is 0 Å². The Morgan fingerprint density at radius 1 is 0.652 bits per heavy atom. The van der Waals surface area contributed by atoms with Gasteiger partial charge in [-0.25, -0.2) is 0 Å². The van der Waals surface area contributed by atoms with Gasteiger partial charge in [-0.1, -0.05) is 73.5 Å². The molecule has 1 aliphatic rings. The maximum absolute atomic E-state index is 4.63. The topological polar surface area (TPSA) is 12.9 Å². The van der Waals surface area contributed by atoms with Gasteiger partial charge in [-0.05, 0) is 36.0 Å². The van der Waals surface area contributed by atoms with E-state index in [-0.39, 0.29) is 0 Å². The Labute approximate surface area is 138 Å². The number of rotatable bonds is 3. The summed E-state index contributed by atoms with van der Waals surface area (Å²) in [7, 11) is 0. The SMILES string of the molecule is c1ccc(-c2ccc(-c3ccc(C4CCCC4)cc3)cn2)cc1. The van der Waals surface area contributed by atoms with Crippen LogP contribution in [0.2, 0.25) is 0 Å². The van der Waals surface area contributed by atoms with E-state index in [1.54, 1.807) is 0 Å². The lowest BCUT2D eigenvalue weighted by atomic mass is 9.95. The van der Waals surface area contributed by atoms with Crippen molar-refractivity contribution in [3.8, 4) is 22.4 Å². The summed E-state index contributed by atoms with van der Waals surface area (Å²) < 4.78 is 0. The Morgan fingerprint density at radius 3 is 2.00 bits per heavy atom. The van der Waals surface area contributed by atoms with Crippen LogP contribution in [0.4, 0.5) is 0 Å². The molecule has 1 heteroatoms. The minimum atomic E-state index is 0.780. The highest BCUT2D eigenvalue weighted by Gasteiger charge is 2.16. The van der Waals surface area contributed by atoms with Crippen molar-refractivity contribution in [2.75, 3.05) is 0 Å². The van der Waals surface area contributed by atoms with E-state index in [0.717, 1.165) is 17.2 Å². The Morgan fingerprint density at radius 2 is 1.35 bits per heavy atom.